The third-order valence-corrected chi connectivity index (χ3v) is 2.25. The monoisotopic (exact) mass is 205 g/mol. The van der Waals surface area contributed by atoms with Gasteiger partial charge in [-0.15, -0.1) is 5.10 Å². The number of carbonyl (C=O) groups excluding carboxylic acids is 1. The first-order valence-corrected chi connectivity index (χ1v) is 4.44. The number of rotatable bonds is 1. The molecule has 0 aliphatic carbocycles. The highest BCUT2D eigenvalue weighted by molar-refractivity contribution is 5.71. The van der Waals surface area contributed by atoms with E-state index in [2.05, 4.69) is 25.7 Å². The van der Waals surface area contributed by atoms with Crippen molar-refractivity contribution >= 4 is 17.3 Å². The average molecular weight is 205 g/mol. The molecular formula is C8H7N5O2. The highest BCUT2D eigenvalue weighted by atomic mass is 16.6. The molecule has 15 heavy (non-hydrogen) atoms. The van der Waals surface area contributed by atoms with Crippen LogP contribution in [0, 0.1) is 0 Å². The molecule has 1 atom stereocenters. The van der Waals surface area contributed by atoms with Crippen LogP contribution in [0.1, 0.15) is 11.7 Å². The van der Waals surface area contributed by atoms with E-state index in [0.717, 1.165) is 5.56 Å². The van der Waals surface area contributed by atoms with E-state index in [0.29, 0.717) is 17.7 Å². The minimum Gasteiger partial charge on any atom is -0.439 e. The Kier molecular flexibility index (Phi) is 1.58. The standard InChI is InChI=1S/C8H7N5O2/c14-8-10-3-6(15-8)4-1-5-7(9-2-4)12-13-11-5/h1-2,6H,3H2,(H,10,14)(H,9,11,12,13). The Morgan fingerprint density at radius 2 is 2.40 bits per heavy atom. The zero-order chi connectivity index (χ0) is 10.3. The number of carbonyl (C=O) groups is 1. The van der Waals surface area contributed by atoms with Crippen molar-refractivity contribution in [2.24, 2.45) is 0 Å². The number of hydrogen-bond acceptors (Lipinski definition) is 5. The number of H-pyrrole nitrogens is 1. The largest absolute Gasteiger partial charge is 0.439 e. The third kappa shape index (κ3) is 1.28. The first-order valence-electron chi connectivity index (χ1n) is 4.44. The summed E-state index contributed by atoms with van der Waals surface area (Å²) in [5.74, 6) is 0. The molecule has 3 rings (SSSR count). The Morgan fingerprint density at radius 3 is 3.20 bits per heavy atom. The van der Waals surface area contributed by atoms with Gasteiger partial charge in [-0.3, -0.25) is 0 Å². The Balaban J connectivity index is 2.00. The minimum absolute atomic E-state index is 0.286. The molecule has 7 nitrogen and oxygen atoms in total. The van der Waals surface area contributed by atoms with Crippen LogP contribution in [-0.2, 0) is 4.74 Å². The maximum Gasteiger partial charge on any atom is 0.407 e. The molecule has 2 N–H and O–H groups in total. The summed E-state index contributed by atoms with van der Waals surface area (Å²) in [6.45, 7) is 0.462. The molecule has 7 heteroatoms. The van der Waals surface area contributed by atoms with Gasteiger partial charge in [0, 0.05) is 11.8 Å². The molecule has 1 unspecified atom stereocenters. The van der Waals surface area contributed by atoms with E-state index in [1.165, 1.54) is 0 Å². The second kappa shape index (κ2) is 2.91. The minimum atomic E-state index is -0.403. The van der Waals surface area contributed by atoms with E-state index < -0.39 is 6.09 Å². The van der Waals surface area contributed by atoms with Gasteiger partial charge in [-0.05, 0) is 6.07 Å². The fourth-order valence-electron chi connectivity index (χ4n) is 1.51. The van der Waals surface area contributed by atoms with Crippen molar-refractivity contribution in [3.8, 4) is 0 Å². The smallest absolute Gasteiger partial charge is 0.407 e. The number of aromatic amines is 1. The van der Waals surface area contributed by atoms with Gasteiger partial charge in [0.05, 0.1) is 6.54 Å². The molecule has 1 saturated heterocycles. The van der Waals surface area contributed by atoms with E-state index in [1.54, 1.807) is 12.3 Å². The van der Waals surface area contributed by atoms with Crippen LogP contribution in [0.15, 0.2) is 12.3 Å². The molecule has 1 aliphatic heterocycles. The van der Waals surface area contributed by atoms with Crippen LogP contribution in [0.5, 0.6) is 0 Å². The van der Waals surface area contributed by atoms with Crippen molar-refractivity contribution in [1.29, 1.82) is 0 Å². The average Bonchev–Trinajstić information content (AvgIpc) is 2.84. The highest BCUT2D eigenvalue weighted by Crippen LogP contribution is 2.21. The van der Waals surface area contributed by atoms with Gasteiger partial charge in [-0.2, -0.15) is 10.3 Å². The maximum atomic E-state index is 10.9. The number of alkyl carbamates (subject to hydrolysis) is 1. The summed E-state index contributed by atoms with van der Waals surface area (Å²) in [6.07, 6.45) is 0.946. The SMILES string of the molecule is O=C1NCC(c2cnc3n[nH]nc3c2)O1. The lowest BCUT2D eigenvalue weighted by Gasteiger charge is -2.05. The van der Waals surface area contributed by atoms with Crippen LogP contribution in [0.4, 0.5) is 4.79 Å². The number of nitrogens with one attached hydrogen (secondary N) is 2. The summed E-state index contributed by atoms with van der Waals surface area (Å²) in [7, 11) is 0. The fourth-order valence-corrected chi connectivity index (χ4v) is 1.51. The molecule has 1 aliphatic rings. The molecular weight excluding hydrogens is 198 g/mol. The van der Waals surface area contributed by atoms with Gasteiger partial charge in [0.15, 0.2) is 0 Å². The second-order valence-corrected chi connectivity index (χ2v) is 3.21. The van der Waals surface area contributed by atoms with Crippen molar-refractivity contribution in [3.63, 3.8) is 0 Å². The van der Waals surface area contributed by atoms with E-state index in [-0.39, 0.29) is 6.10 Å². The van der Waals surface area contributed by atoms with E-state index >= 15 is 0 Å². The summed E-state index contributed by atoms with van der Waals surface area (Å²) < 4.78 is 5.02. The normalized spacial score (nSPS) is 20.3. The molecule has 0 aromatic carbocycles. The Morgan fingerprint density at radius 1 is 1.47 bits per heavy atom. The molecule has 1 fully saturated rings. The van der Waals surface area contributed by atoms with Gasteiger partial charge in [0.2, 0.25) is 5.65 Å². The Hall–Kier alpha value is -2.18. The topological polar surface area (TPSA) is 92.8 Å². The summed E-state index contributed by atoms with van der Waals surface area (Å²) >= 11 is 0. The summed E-state index contributed by atoms with van der Waals surface area (Å²) in [4.78, 5) is 14.9. The predicted molar refractivity (Wildman–Crippen MR) is 48.9 cm³/mol. The number of ether oxygens (including phenoxy) is 1. The van der Waals surface area contributed by atoms with Gasteiger partial charge in [0.25, 0.3) is 0 Å². The van der Waals surface area contributed by atoms with Gasteiger partial charge >= 0.3 is 6.09 Å². The molecule has 1 amide bonds. The number of nitrogens with zero attached hydrogens (tertiary/aromatic N) is 3. The van der Waals surface area contributed by atoms with Crippen molar-refractivity contribution < 1.29 is 9.53 Å². The molecule has 3 heterocycles. The van der Waals surface area contributed by atoms with Crippen molar-refractivity contribution in [2.75, 3.05) is 6.54 Å². The molecule has 0 bridgehead atoms. The van der Waals surface area contributed by atoms with Crippen molar-refractivity contribution in [2.45, 2.75) is 6.10 Å². The third-order valence-electron chi connectivity index (χ3n) is 2.25. The maximum absolute atomic E-state index is 10.9. The molecule has 0 radical (unpaired) electrons. The zero-order valence-corrected chi connectivity index (χ0v) is 7.60. The molecule has 0 saturated carbocycles. The van der Waals surface area contributed by atoms with Gasteiger partial charge in [0.1, 0.15) is 11.6 Å². The molecule has 2 aromatic heterocycles. The quantitative estimate of drug-likeness (QED) is 0.690. The van der Waals surface area contributed by atoms with Gasteiger partial charge in [-0.1, -0.05) is 0 Å². The van der Waals surface area contributed by atoms with Crippen LogP contribution < -0.4 is 5.32 Å². The molecule has 76 valence electrons. The van der Waals surface area contributed by atoms with E-state index in [4.69, 9.17) is 4.74 Å². The van der Waals surface area contributed by atoms with Crippen LogP contribution in [0.2, 0.25) is 0 Å². The number of amides is 1. The Labute approximate surface area is 83.8 Å². The van der Waals surface area contributed by atoms with Crippen LogP contribution >= 0.6 is 0 Å². The van der Waals surface area contributed by atoms with Gasteiger partial charge in [-0.25, -0.2) is 9.78 Å². The van der Waals surface area contributed by atoms with E-state index in [1.807, 2.05) is 0 Å². The fraction of sp³-hybridized carbons (Fsp3) is 0.250. The zero-order valence-electron chi connectivity index (χ0n) is 7.60. The summed E-state index contributed by atoms with van der Waals surface area (Å²) in [5, 5.41) is 12.8. The van der Waals surface area contributed by atoms with Gasteiger partial charge < -0.3 is 10.1 Å². The first kappa shape index (κ1) is 8.16. The van der Waals surface area contributed by atoms with Crippen molar-refractivity contribution in [3.05, 3.63) is 17.8 Å². The van der Waals surface area contributed by atoms with E-state index in [9.17, 15) is 4.79 Å². The number of pyridine rings is 1. The highest BCUT2D eigenvalue weighted by Gasteiger charge is 2.24. The molecule has 2 aromatic rings. The first-order chi connectivity index (χ1) is 7.33. The second-order valence-electron chi connectivity index (χ2n) is 3.21. The number of hydrogen-bond donors (Lipinski definition) is 2. The lowest BCUT2D eigenvalue weighted by Crippen LogP contribution is -2.12. The lowest BCUT2D eigenvalue weighted by atomic mass is 10.1. The van der Waals surface area contributed by atoms with Crippen LogP contribution in [0.3, 0.4) is 0 Å². The molecule has 0 spiro atoms. The van der Waals surface area contributed by atoms with Crippen LogP contribution in [0.25, 0.3) is 11.2 Å². The summed E-state index contributed by atoms with van der Waals surface area (Å²) in [5.41, 5.74) is 2.03. The number of fused-ring (bicyclic) bond motifs is 1. The number of aromatic nitrogens is 4. The Bertz CT molecular complexity index is 522. The summed E-state index contributed by atoms with van der Waals surface area (Å²) in [6, 6.07) is 1.80. The number of cyclic esters (lactones) is 1. The predicted octanol–water partition coefficient (Wildman–Crippen LogP) is 0.134. The lowest BCUT2D eigenvalue weighted by molar-refractivity contribution is 0.141. The van der Waals surface area contributed by atoms with Crippen LogP contribution in [-0.4, -0.2) is 33.0 Å². The van der Waals surface area contributed by atoms with Crippen molar-refractivity contribution in [1.82, 2.24) is 25.7 Å².